The summed E-state index contributed by atoms with van der Waals surface area (Å²) in [5.41, 5.74) is 1.07. The lowest BCUT2D eigenvalue weighted by Crippen LogP contribution is -2.23. The molecule has 0 saturated carbocycles. The third kappa shape index (κ3) is 4.40. The van der Waals surface area contributed by atoms with Crippen LogP contribution in [0.5, 0.6) is 17.2 Å². The van der Waals surface area contributed by atoms with Gasteiger partial charge in [-0.1, -0.05) is 30.3 Å². The first-order valence-electron chi connectivity index (χ1n) is 9.64. The van der Waals surface area contributed by atoms with Crippen LogP contribution in [0.1, 0.15) is 11.4 Å². The fourth-order valence-electron chi connectivity index (χ4n) is 3.10. The molecule has 31 heavy (non-hydrogen) atoms. The first-order valence-corrected chi connectivity index (χ1v) is 9.64. The first-order chi connectivity index (χ1) is 15.2. The van der Waals surface area contributed by atoms with Gasteiger partial charge >= 0.3 is 0 Å². The van der Waals surface area contributed by atoms with Crippen molar-refractivity contribution in [2.75, 3.05) is 14.2 Å². The van der Waals surface area contributed by atoms with Crippen LogP contribution in [0, 0.1) is 0 Å². The number of benzene rings is 3. The molecule has 7 heteroatoms. The molecule has 4 rings (SSSR count). The van der Waals surface area contributed by atoms with Gasteiger partial charge < -0.3 is 14.2 Å². The van der Waals surface area contributed by atoms with E-state index in [2.05, 4.69) is 10.1 Å². The van der Waals surface area contributed by atoms with Gasteiger partial charge in [-0.15, -0.1) is 0 Å². The molecule has 0 bridgehead atoms. The normalized spacial score (nSPS) is 11.0. The van der Waals surface area contributed by atoms with Gasteiger partial charge in [0.2, 0.25) is 0 Å². The summed E-state index contributed by atoms with van der Waals surface area (Å²) in [4.78, 5) is 17.7. The molecule has 1 aromatic heterocycles. The van der Waals surface area contributed by atoms with Gasteiger partial charge in [0.15, 0.2) is 17.3 Å². The molecule has 0 spiro atoms. The second kappa shape index (κ2) is 9.13. The number of methoxy groups -OCH3 is 2. The molecule has 0 N–H and O–H groups in total. The molecule has 0 fully saturated rings. The maximum absolute atomic E-state index is 13.1. The largest absolute Gasteiger partial charge is 0.493 e. The van der Waals surface area contributed by atoms with Crippen molar-refractivity contribution in [3.05, 3.63) is 94.5 Å². The minimum Gasteiger partial charge on any atom is -0.493 e. The lowest BCUT2D eigenvalue weighted by Gasteiger charge is -2.11. The van der Waals surface area contributed by atoms with E-state index in [1.54, 1.807) is 50.8 Å². The summed E-state index contributed by atoms with van der Waals surface area (Å²) in [5, 5.41) is 4.89. The Labute approximate surface area is 179 Å². The summed E-state index contributed by atoms with van der Waals surface area (Å²) in [6.07, 6.45) is 1.58. The van der Waals surface area contributed by atoms with Crippen molar-refractivity contribution < 1.29 is 14.2 Å². The predicted octanol–water partition coefficient (Wildman–Crippen LogP) is 3.87. The van der Waals surface area contributed by atoms with Gasteiger partial charge in [-0.2, -0.15) is 9.78 Å². The highest BCUT2D eigenvalue weighted by Gasteiger charge is 2.11. The van der Waals surface area contributed by atoms with Gasteiger partial charge in [0.1, 0.15) is 12.4 Å². The van der Waals surface area contributed by atoms with Gasteiger partial charge in [-0.3, -0.25) is 4.79 Å². The maximum Gasteiger partial charge on any atom is 0.282 e. The van der Waals surface area contributed by atoms with Crippen molar-refractivity contribution in [3.63, 3.8) is 0 Å². The molecular weight excluding hydrogens is 394 g/mol. The lowest BCUT2D eigenvalue weighted by molar-refractivity contribution is 0.289. The highest BCUT2D eigenvalue weighted by atomic mass is 16.5. The van der Waals surface area contributed by atoms with Gasteiger partial charge in [0.25, 0.3) is 5.56 Å². The molecule has 3 aromatic carbocycles. The van der Waals surface area contributed by atoms with Crippen LogP contribution in [0.25, 0.3) is 10.9 Å². The molecule has 0 amide bonds. The first kappa shape index (κ1) is 20.2. The average Bonchev–Trinajstić information content (AvgIpc) is 2.82. The van der Waals surface area contributed by atoms with E-state index in [0.29, 0.717) is 34.0 Å². The maximum atomic E-state index is 13.1. The van der Waals surface area contributed by atoms with Crippen LogP contribution in [0.3, 0.4) is 0 Å². The number of hydrogen-bond donors (Lipinski definition) is 0. The Balaban J connectivity index is 1.73. The van der Waals surface area contributed by atoms with E-state index in [9.17, 15) is 4.79 Å². The van der Waals surface area contributed by atoms with E-state index in [4.69, 9.17) is 14.2 Å². The van der Waals surface area contributed by atoms with Crippen LogP contribution in [0.4, 0.5) is 0 Å². The second-order valence-corrected chi connectivity index (χ2v) is 6.62. The van der Waals surface area contributed by atoms with Crippen LogP contribution < -0.4 is 19.8 Å². The third-order valence-electron chi connectivity index (χ3n) is 4.66. The van der Waals surface area contributed by atoms with E-state index < -0.39 is 0 Å². The van der Waals surface area contributed by atoms with Crippen LogP contribution >= 0.6 is 0 Å². The predicted molar refractivity (Wildman–Crippen MR) is 119 cm³/mol. The van der Waals surface area contributed by atoms with Crippen molar-refractivity contribution in [3.8, 4) is 17.2 Å². The van der Waals surface area contributed by atoms with Crippen LogP contribution in [0.2, 0.25) is 0 Å². The Morgan fingerprint density at radius 3 is 2.45 bits per heavy atom. The fraction of sp³-hybridized carbons (Fsp3) is 0.125. The van der Waals surface area contributed by atoms with Crippen molar-refractivity contribution in [2.24, 2.45) is 5.10 Å². The van der Waals surface area contributed by atoms with Crippen LogP contribution in [-0.2, 0) is 6.61 Å². The van der Waals surface area contributed by atoms with Crippen LogP contribution in [-0.4, -0.2) is 30.1 Å². The Morgan fingerprint density at radius 2 is 1.68 bits per heavy atom. The van der Waals surface area contributed by atoms with Gasteiger partial charge in [0.05, 0.1) is 31.3 Å². The summed E-state index contributed by atoms with van der Waals surface area (Å²) in [7, 11) is 3.14. The zero-order chi connectivity index (χ0) is 21.6. The number of para-hydroxylation sites is 2. The molecule has 1 heterocycles. The molecular formula is C24H21N3O4. The molecule has 0 radical (unpaired) electrons. The smallest absolute Gasteiger partial charge is 0.282 e. The Hall–Kier alpha value is -4.13. The number of fused-ring (bicyclic) bond motifs is 1. The molecule has 0 aliphatic rings. The second-order valence-electron chi connectivity index (χ2n) is 6.62. The molecule has 0 atom stereocenters. The number of nitrogens with zero attached hydrogens (tertiary/aromatic N) is 3. The lowest BCUT2D eigenvalue weighted by atomic mass is 10.2. The SMILES string of the molecule is COc1ccc(C=Nn2c(COc3ccccc3)nc3ccccc3c2=O)cc1OC. The Kier molecular flexibility index (Phi) is 5.93. The topological polar surface area (TPSA) is 74.9 Å². The monoisotopic (exact) mass is 415 g/mol. The quantitative estimate of drug-likeness (QED) is 0.428. The van der Waals surface area contributed by atoms with E-state index >= 15 is 0 Å². The van der Waals surface area contributed by atoms with Gasteiger partial charge in [-0.25, -0.2) is 4.98 Å². The molecule has 0 aliphatic carbocycles. The minimum atomic E-state index is -0.269. The van der Waals surface area contributed by atoms with E-state index in [0.717, 1.165) is 5.56 Å². The zero-order valence-corrected chi connectivity index (χ0v) is 17.2. The van der Waals surface area contributed by atoms with Crippen molar-refractivity contribution in [1.29, 1.82) is 0 Å². The van der Waals surface area contributed by atoms with Crippen molar-refractivity contribution in [1.82, 2.24) is 9.66 Å². The molecule has 156 valence electrons. The van der Waals surface area contributed by atoms with Crippen molar-refractivity contribution >= 4 is 17.1 Å². The molecule has 4 aromatic rings. The number of ether oxygens (including phenoxy) is 3. The number of aromatic nitrogens is 2. The van der Waals surface area contributed by atoms with E-state index in [-0.39, 0.29) is 12.2 Å². The summed E-state index contributed by atoms with van der Waals surface area (Å²) >= 11 is 0. The molecule has 7 nitrogen and oxygen atoms in total. The highest BCUT2D eigenvalue weighted by molar-refractivity contribution is 5.81. The summed E-state index contributed by atoms with van der Waals surface area (Å²) in [6.45, 7) is 0.0906. The Bertz CT molecular complexity index is 1280. The van der Waals surface area contributed by atoms with E-state index in [1.807, 2.05) is 42.5 Å². The third-order valence-corrected chi connectivity index (χ3v) is 4.66. The van der Waals surface area contributed by atoms with E-state index in [1.165, 1.54) is 4.68 Å². The van der Waals surface area contributed by atoms with Gasteiger partial charge in [-0.05, 0) is 48.0 Å². The van der Waals surface area contributed by atoms with Gasteiger partial charge in [0, 0.05) is 0 Å². The Morgan fingerprint density at radius 1 is 0.935 bits per heavy atom. The average molecular weight is 415 g/mol. The molecule has 0 unspecified atom stereocenters. The fourth-order valence-corrected chi connectivity index (χ4v) is 3.10. The van der Waals surface area contributed by atoms with Crippen LogP contribution in [0.15, 0.2) is 82.7 Å². The highest BCUT2D eigenvalue weighted by Crippen LogP contribution is 2.26. The summed E-state index contributed by atoms with van der Waals surface area (Å²) in [5.74, 6) is 2.26. The molecule has 0 saturated heterocycles. The standard InChI is InChI=1S/C24H21N3O4/c1-29-21-13-12-17(14-22(21)30-2)15-25-27-23(16-31-18-8-4-3-5-9-18)26-20-11-7-6-10-19(20)24(27)28/h3-15H,16H2,1-2H3. The number of rotatable bonds is 7. The van der Waals surface area contributed by atoms with Crippen molar-refractivity contribution in [2.45, 2.75) is 6.61 Å². The zero-order valence-electron chi connectivity index (χ0n) is 17.2. The summed E-state index contributed by atoms with van der Waals surface area (Å²) in [6, 6.07) is 21.9. The summed E-state index contributed by atoms with van der Waals surface area (Å²) < 4.78 is 17.7. The molecule has 0 aliphatic heterocycles. The number of hydrogen-bond acceptors (Lipinski definition) is 6. The minimum absolute atomic E-state index is 0.0906.